The molecule has 1 aliphatic heterocycles. The maximum Gasteiger partial charge on any atom is 0.241 e. The smallest absolute Gasteiger partial charge is 0.241 e. The quantitative estimate of drug-likeness (QED) is 0.597. The van der Waals surface area contributed by atoms with Gasteiger partial charge in [0.05, 0.1) is 4.90 Å². The molecule has 3 aromatic rings. The summed E-state index contributed by atoms with van der Waals surface area (Å²) < 4.78 is 28.8. The largest absolute Gasteiger partial charge is 0.382 e. The Bertz CT molecular complexity index is 1090. The Kier molecular flexibility index (Phi) is 6.37. The van der Waals surface area contributed by atoms with Crippen LogP contribution in [0.2, 0.25) is 0 Å². The van der Waals surface area contributed by atoms with Crippen molar-refractivity contribution in [2.24, 2.45) is 0 Å². The lowest BCUT2D eigenvalue weighted by Crippen LogP contribution is -2.38. The van der Waals surface area contributed by atoms with Gasteiger partial charge in [0.25, 0.3) is 0 Å². The Morgan fingerprint density at radius 3 is 2.33 bits per heavy atom. The molecule has 1 heterocycles. The molecule has 0 amide bonds. The lowest BCUT2D eigenvalue weighted by atomic mass is 10.0. The van der Waals surface area contributed by atoms with Gasteiger partial charge in [-0.25, -0.2) is 13.1 Å². The first-order valence-electron chi connectivity index (χ1n) is 10.6. The van der Waals surface area contributed by atoms with Gasteiger partial charge in [0.2, 0.25) is 10.0 Å². The minimum absolute atomic E-state index is 0.271. The summed E-state index contributed by atoms with van der Waals surface area (Å²) in [6.45, 7) is 5.77. The molecular formula is C24H29N3O2S. The first-order chi connectivity index (χ1) is 14.6. The molecule has 1 aliphatic rings. The molecular weight excluding hydrogens is 394 g/mol. The highest BCUT2D eigenvalue weighted by molar-refractivity contribution is 7.89. The van der Waals surface area contributed by atoms with Crippen LogP contribution in [0.3, 0.4) is 0 Å². The molecule has 6 heteroatoms. The normalized spacial score (nSPS) is 16.0. The van der Waals surface area contributed by atoms with Gasteiger partial charge in [0, 0.05) is 42.1 Å². The SMILES string of the molecule is CCN1CCC(Nc2cccc3c(S(=O)(=O)NCc4ccccc4)cccc23)CC1. The molecule has 5 nitrogen and oxygen atoms in total. The lowest BCUT2D eigenvalue weighted by Gasteiger charge is -2.32. The Hall–Kier alpha value is -2.41. The van der Waals surface area contributed by atoms with E-state index in [0.29, 0.717) is 10.9 Å². The molecule has 0 aromatic heterocycles. The molecule has 1 saturated heterocycles. The third-order valence-electron chi connectivity index (χ3n) is 5.88. The third kappa shape index (κ3) is 4.67. The van der Waals surface area contributed by atoms with Crippen molar-refractivity contribution in [3.05, 3.63) is 72.3 Å². The summed E-state index contributed by atoms with van der Waals surface area (Å²) in [4.78, 5) is 2.78. The Morgan fingerprint density at radius 1 is 0.900 bits per heavy atom. The van der Waals surface area contributed by atoms with Crippen LogP contribution in [0.15, 0.2) is 71.6 Å². The second-order valence-corrected chi connectivity index (χ2v) is 9.56. The van der Waals surface area contributed by atoms with Crippen LogP contribution in [0.5, 0.6) is 0 Å². The number of hydrogen-bond acceptors (Lipinski definition) is 4. The maximum absolute atomic E-state index is 13.1. The van der Waals surface area contributed by atoms with Gasteiger partial charge < -0.3 is 10.2 Å². The van der Waals surface area contributed by atoms with E-state index in [0.717, 1.165) is 54.5 Å². The highest BCUT2D eigenvalue weighted by Crippen LogP contribution is 2.30. The summed E-state index contributed by atoms with van der Waals surface area (Å²) in [5.74, 6) is 0. The lowest BCUT2D eigenvalue weighted by molar-refractivity contribution is 0.229. The number of fused-ring (bicyclic) bond motifs is 1. The molecule has 4 rings (SSSR count). The average Bonchev–Trinajstić information content (AvgIpc) is 2.79. The van der Waals surface area contributed by atoms with Crippen molar-refractivity contribution in [1.82, 2.24) is 9.62 Å². The number of piperidine rings is 1. The third-order valence-corrected chi connectivity index (χ3v) is 7.33. The van der Waals surface area contributed by atoms with Crippen LogP contribution in [-0.2, 0) is 16.6 Å². The molecule has 0 unspecified atom stereocenters. The highest BCUT2D eigenvalue weighted by Gasteiger charge is 2.21. The van der Waals surface area contributed by atoms with Crippen LogP contribution in [0.1, 0.15) is 25.3 Å². The second kappa shape index (κ2) is 9.16. The summed E-state index contributed by atoms with van der Waals surface area (Å²) in [5, 5.41) is 5.35. The minimum Gasteiger partial charge on any atom is -0.382 e. The summed E-state index contributed by atoms with van der Waals surface area (Å²) in [5.41, 5.74) is 1.93. The summed E-state index contributed by atoms with van der Waals surface area (Å²) >= 11 is 0. The summed E-state index contributed by atoms with van der Waals surface area (Å²) in [6, 6.07) is 21.3. The van der Waals surface area contributed by atoms with Gasteiger partial charge in [-0.1, -0.05) is 61.5 Å². The van der Waals surface area contributed by atoms with Crippen molar-refractivity contribution < 1.29 is 8.42 Å². The number of anilines is 1. The zero-order chi connectivity index (χ0) is 21.0. The molecule has 158 valence electrons. The number of likely N-dealkylation sites (tertiary alicyclic amines) is 1. The molecule has 0 bridgehead atoms. The Balaban J connectivity index is 1.57. The van der Waals surface area contributed by atoms with Gasteiger partial charge in [-0.05, 0) is 37.1 Å². The van der Waals surface area contributed by atoms with Gasteiger partial charge in [-0.15, -0.1) is 0 Å². The first kappa shape index (κ1) is 20.8. The number of nitrogens with one attached hydrogen (secondary N) is 2. The number of benzene rings is 3. The standard InChI is InChI=1S/C24H29N3O2S/c1-2-27-16-14-20(15-17-27)26-23-12-6-11-22-21(23)10-7-13-24(22)30(28,29)25-18-19-8-4-3-5-9-19/h3-13,20,25-26H,2,14-18H2,1H3. The van der Waals surface area contributed by atoms with E-state index >= 15 is 0 Å². The zero-order valence-corrected chi connectivity index (χ0v) is 18.2. The molecule has 3 aromatic carbocycles. The predicted molar refractivity (Wildman–Crippen MR) is 123 cm³/mol. The van der Waals surface area contributed by atoms with Crippen LogP contribution < -0.4 is 10.0 Å². The van der Waals surface area contributed by atoms with E-state index in [4.69, 9.17) is 0 Å². The van der Waals surface area contributed by atoms with E-state index in [1.807, 2.05) is 60.7 Å². The Morgan fingerprint density at radius 2 is 1.60 bits per heavy atom. The molecule has 0 saturated carbocycles. The number of sulfonamides is 1. The van der Waals surface area contributed by atoms with Crippen LogP contribution in [0.4, 0.5) is 5.69 Å². The van der Waals surface area contributed by atoms with Crippen LogP contribution in [0.25, 0.3) is 10.8 Å². The van der Waals surface area contributed by atoms with E-state index < -0.39 is 10.0 Å². The molecule has 1 fully saturated rings. The van der Waals surface area contributed by atoms with Crippen molar-refractivity contribution in [3.63, 3.8) is 0 Å². The van der Waals surface area contributed by atoms with Crippen LogP contribution in [-0.4, -0.2) is 39.0 Å². The topological polar surface area (TPSA) is 61.4 Å². The van der Waals surface area contributed by atoms with Gasteiger partial charge in [0.1, 0.15) is 0 Å². The maximum atomic E-state index is 13.1. The molecule has 2 N–H and O–H groups in total. The summed E-state index contributed by atoms with van der Waals surface area (Å²) in [7, 11) is -3.63. The van der Waals surface area contributed by atoms with Crippen LogP contribution in [0, 0.1) is 0 Å². The molecule has 0 spiro atoms. The van der Waals surface area contributed by atoms with Gasteiger partial charge in [0.15, 0.2) is 0 Å². The van der Waals surface area contributed by atoms with E-state index in [2.05, 4.69) is 21.9 Å². The van der Waals surface area contributed by atoms with E-state index in [-0.39, 0.29) is 6.54 Å². The first-order valence-corrected chi connectivity index (χ1v) is 12.1. The van der Waals surface area contributed by atoms with Crippen molar-refractivity contribution in [2.75, 3.05) is 25.0 Å². The van der Waals surface area contributed by atoms with Crippen molar-refractivity contribution in [3.8, 4) is 0 Å². The average molecular weight is 424 g/mol. The van der Waals surface area contributed by atoms with E-state index in [9.17, 15) is 8.42 Å². The fourth-order valence-corrected chi connectivity index (χ4v) is 5.34. The minimum atomic E-state index is -3.63. The number of nitrogens with zero attached hydrogens (tertiary/aromatic N) is 1. The van der Waals surface area contributed by atoms with Gasteiger partial charge in [-0.3, -0.25) is 0 Å². The molecule has 0 atom stereocenters. The molecule has 30 heavy (non-hydrogen) atoms. The van der Waals surface area contributed by atoms with Gasteiger partial charge >= 0.3 is 0 Å². The number of hydrogen-bond donors (Lipinski definition) is 2. The fourth-order valence-electron chi connectivity index (χ4n) is 4.11. The van der Waals surface area contributed by atoms with E-state index in [1.165, 1.54) is 0 Å². The zero-order valence-electron chi connectivity index (χ0n) is 17.3. The molecule has 0 aliphatic carbocycles. The highest BCUT2D eigenvalue weighted by atomic mass is 32.2. The predicted octanol–water partition coefficient (Wildman–Crippen LogP) is 4.21. The fraction of sp³-hybridized carbons (Fsp3) is 0.333. The van der Waals surface area contributed by atoms with Crippen molar-refractivity contribution in [2.45, 2.75) is 37.2 Å². The van der Waals surface area contributed by atoms with Crippen LogP contribution >= 0.6 is 0 Å². The Labute approximate surface area is 179 Å². The monoisotopic (exact) mass is 423 g/mol. The van der Waals surface area contributed by atoms with E-state index in [1.54, 1.807) is 6.07 Å². The summed E-state index contributed by atoms with van der Waals surface area (Å²) in [6.07, 6.45) is 2.20. The van der Waals surface area contributed by atoms with Crippen molar-refractivity contribution in [1.29, 1.82) is 0 Å². The number of rotatable bonds is 7. The van der Waals surface area contributed by atoms with Crippen molar-refractivity contribution >= 4 is 26.5 Å². The second-order valence-electron chi connectivity index (χ2n) is 7.82. The van der Waals surface area contributed by atoms with Gasteiger partial charge in [-0.2, -0.15) is 0 Å². The molecule has 0 radical (unpaired) electrons.